The van der Waals surface area contributed by atoms with Gasteiger partial charge in [-0.05, 0) is 42.8 Å². The van der Waals surface area contributed by atoms with Gasteiger partial charge in [-0.3, -0.25) is 4.79 Å². The zero-order valence-corrected chi connectivity index (χ0v) is 20.7. The van der Waals surface area contributed by atoms with Crippen LogP contribution >= 0.6 is 15.9 Å². The van der Waals surface area contributed by atoms with Crippen molar-refractivity contribution in [1.29, 1.82) is 0 Å². The molecule has 0 aliphatic heterocycles. The number of nitrogens with zero attached hydrogens (tertiary/aromatic N) is 2. The summed E-state index contributed by atoms with van der Waals surface area (Å²) < 4.78 is 7.87. The number of benzene rings is 3. The van der Waals surface area contributed by atoms with Crippen molar-refractivity contribution in [3.8, 4) is 16.9 Å². The standard InChI is InChI=1S/C28H24BrN3O3/c1-20(21-8-4-2-5-9-21)30-26(33)19-35-27(34)17-14-23-18-32(25-10-6-3-7-11-25)31-28(23)22-12-15-24(29)16-13-22/h2-18,20H,19H2,1H3,(H,30,33)/b17-14+/t20-/m0/s1. The first-order valence-electron chi connectivity index (χ1n) is 11.1. The highest BCUT2D eigenvalue weighted by atomic mass is 79.9. The molecule has 1 aromatic heterocycles. The van der Waals surface area contributed by atoms with Crippen molar-refractivity contribution in [1.82, 2.24) is 15.1 Å². The maximum atomic E-state index is 12.3. The van der Waals surface area contributed by atoms with Crippen LogP contribution in [0.15, 0.2) is 102 Å². The molecule has 0 bridgehead atoms. The summed E-state index contributed by atoms with van der Waals surface area (Å²) in [6.45, 7) is 1.52. The SMILES string of the molecule is C[C@H](NC(=O)COC(=O)/C=C/c1cn(-c2ccccc2)nc1-c1ccc(Br)cc1)c1ccccc1. The molecule has 0 aliphatic rings. The highest BCUT2D eigenvalue weighted by molar-refractivity contribution is 9.10. The molecule has 3 aromatic carbocycles. The van der Waals surface area contributed by atoms with E-state index < -0.39 is 5.97 Å². The minimum atomic E-state index is -0.610. The van der Waals surface area contributed by atoms with Gasteiger partial charge in [0.15, 0.2) is 6.61 Å². The van der Waals surface area contributed by atoms with E-state index in [1.165, 1.54) is 6.08 Å². The topological polar surface area (TPSA) is 73.2 Å². The van der Waals surface area contributed by atoms with Gasteiger partial charge in [-0.2, -0.15) is 5.10 Å². The van der Waals surface area contributed by atoms with Crippen LogP contribution in [-0.4, -0.2) is 28.3 Å². The summed E-state index contributed by atoms with van der Waals surface area (Å²) in [5.74, 6) is -0.975. The third-order valence-electron chi connectivity index (χ3n) is 5.30. The summed E-state index contributed by atoms with van der Waals surface area (Å²) >= 11 is 3.45. The van der Waals surface area contributed by atoms with Gasteiger partial charge in [-0.15, -0.1) is 0 Å². The molecule has 1 N–H and O–H groups in total. The Morgan fingerprint density at radius 1 is 1.00 bits per heavy atom. The molecule has 0 unspecified atom stereocenters. The van der Waals surface area contributed by atoms with Gasteiger partial charge in [0.2, 0.25) is 0 Å². The smallest absolute Gasteiger partial charge is 0.331 e. The number of esters is 1. The molecular weight excluding hydrogens is 506 g/mol. The number of nitrogens with one attached hydrogen (secondary N) is 1. The van der Waals surface area contributed by atoms with E-state index in [0.717, 1.165) is 32.5 Å². The Labute approximate surface area is 212 Å². The van der Waals surface area contributed by atoms with E-state index >= 15 is 0 Å². The average Bonchev–Trinajstić information content (AvgIpc) is 3.32. The molecule has 0 radical (unpaired) electrons. The highest BCUT2D eigenvalue weighted by Gasteiger charge is 2.13. The molecule has 1 amide bonds. The molecule has 35 heavy (non-hydrogen) atoms. The van der Waals surface area contributed by atoms with Crippen molar-refractivity contribution < 1.29 is 14.3 Å². The van der Waals surface area contributed by atoms with Crippen LogP contribution < -0.4 is 5.32 Å². The molecule has 0 spiro atoms. The molecule has 4 rings (SSSR count). The van der Waals surface area contributed by atoms with E-state index in [1.807, 2.05) is 98.0 Å². The Morgan fingerprint density at radius 3 is 2.34 bits per heavy atom. The van der Waals surface area contributed by atoms with Crippen LogP contribution in [-0.2, 0) is 14.3 Å². The van der Waals surface area contributed by atoms with Crippen LogP contribution in [0.2, 0.25) is 0 Å². The number of carbonyl (C=O) groups is 2. The fraction of sp³-hybridized carbons (Fsp3) is 0.107. The number of hydrogen-bond donors (Lipinski definition) is 1. The molecule has 176 valence electrons. The molecule has 4 aromatic rings. The Balaban J connectivity index is 1.44. The van der Waals surface area contributed by atoms with Crippen LogP contribution in [0.1, 0.15) is 24.1 Å². The lowest BCUT2D eigenvalue weighted by Crippen LogP contribution is -2.30. The first-order chi connectivity index (χ1) is 17.0. The molecule has 1 atom stereocenters. The maximum absolute atomic E-state index is 12.3. The molecule has 0 saturated carbocycles. The summed E-state index contributed by atoms with van der Waals surface area (Å²) in [6, 6.07) is 26.9. The largest absolute Gasteiger partial charge is 0.452 e. The lowest BCUT2D eigenvalue weighted by Gasteiger charge is -2.13. The summed E-state index contributed by atoms with van der Waals surface area (Å²) in [7, 11) is 0. The number of hydrogen-bond acceptors (Lipinski definition) is 4. The number of aromatic nitrogens is 2. The summed E-state index contributed by atoms with van der Waals surface area (Å²) in [6.07, 6.45) is 4.81. The van der Waals surface area contributed by atoms with E-state index in [1.54, 1.807) is 10.8 Å². The molecule has 0 saturated heterocycles. The molecule has 7 heteroatoms. The lowest BCUT2D eigenvalue weighted by atomic mass is 10.1. The number of ether oxygens (including phenoxy) is 1. The van der Waals surface area contributed by atoms with Gasteiger partial charge in [-0.1, -0.05) is 76.6 Å². The van der Waals surface area contributed by atoms with Gasteiger partial charge in [0.05, 0.1) is 17.4 Å². The third-order valence-corrected chi connectivity index (χ3v) is 5.83. The van der Waals surface area contributed by atoms with Crippen molar-refractivity contribution in [2.45, 2.75) is 13.0 Å². The number of amides is 1. The Hall–Kier alpha value is -3.97. The molecular formula is C28H24BrN3O3. The van der Waals surface area contributed by atoms with E-state index in [-0.39, 0.29) is 18.6 Å². The minimum absolute atomic E-state index is 0.185. The molecule has 1 heterocycles. The quantitative estimate of drug-likeness (QED) is 0.233. The zero-order valence-electron chi connectivity index (χ0n) is 19.1. The Kier molecular flexibility index (Phi) is 7.90. The molecule has 0 aliphatic carbocycles. The first-order valence-corrected chi connectivity index (χ1v) is 11.9. The summed E-state index contributed by atoms with van der Waals surface area (Å²) in [5.41, 5.74) is 4.25. The molecule has 6 nitrogen and oxygen atoms in total. The van der Waals surface area contributed by atoms with Gasteiger partial charge < -0.3 is 10.1 Å². The second-order valence-corrected chi connectivity index (χ2v) is 8.78. The average molecular weight is 530 g/mol. The fourth-order valence-electron chi connectivity index (χ4n) is 3.51. The van der Waals surface area contributed by atoms with Crippen LogP contribution in [0.4, 0.5) is 0 Å². The fourth-order valence-corrected chi connectivity index (χ4v) is 3.77. The zero-order chi connectivity index (χ0) is 24.6. The second kappa shape index (κ2) is 11.4. The maximum Gasteiger partial charge on any atom is 0.331 e. The monoisotopic (exact) mass is 529 g/mol. The van der Waals surface area contributed by atoms with Crippen molar-refractivity contribution >= 4 is 33.9 Å². The van der Waals surface area contributed by atoms with E-state index in [2.05, 4.69) is 21.2 Å². The number of rotatable bonds is 8. The minimum Gasteiger partial charge on any atom is -0.452 e. The van der Waals surface area contributed by atoms with E-state index in [0.29, 0.717) is 0 Å². The van der Waals surface area contributed by atoms with Gasteiger partial charge in [-0.25, -0.2) is 9.48 Å². The number of halogens is 1. The van der Waals surface area contributed by atoms with E-state index in [9.17, 15) is 9.59 Å². The lowest BCUT2D eigenvalue weighted by molar-refractivity contribution is -0.144. The third kappa shape index (κ3) is 6.55. The Bertz CT molecular complexity index is 1320. The van der Waals surface area contributed by atoms with Crippen LogP contribution in [0.3, 0.4) is 0 Å². The summed E-state index contributed by atoms with van der Waals surface area (Å²) in [5, 5.41) is 7.55. The predicted octanol–water partition coefficient (Wildman–Crippen LogP) is 5.74. The van der Waals surface area contributed by atoms with Gasteiger partial charge in [0, 0.05) is 27.9 Å². The number of carbonyl (C=O) groups excluding carboxylic acids is 2. The highest BCUT2D eigenvalue weighted by Crippen LogP contribution is 2.26. The first kappa shape index (κ1) is 24.2. The Morgan fingerprint density at radius 2 is 1.66 bits per heavy atom. The van der Waals surface area contributed by atoms with Crippen LogP contribution in [0, 0.1) is 0 Å². The van der Waals surface area contributed by atoms with Crippen LogP contribution in [0.5, 0.6) is 0 Å². The van der Waals surface area contributed by atoms with Crippen molar-refractivity contribution in [3.05, 3.63) is 113 Å². The normalized spacial score (nSPS) is 11.8. The van der Waals surface area contributed by atoms with E-state index in [4.69, 9.17) is 9.84 Å². The van der Waals surface area contributed by atoms with Gasteiger partial charge in [0.1, 0.15) is 0 Å². The van der Waals surface area contributed by atoms with Crippen molar-refractivity contribution in [3.63, 3.8) is 0 Å². The summed E-state index contributed by atoms with van der Waals surface area (Å²) in [4.78, 5) is 24.5. The number of para-hydroxylation sites is 1. The van der Waals surface area contributed by atoms with Gasteiger partial charge in [0.25, 0.3) is 5.91 Å². The van der Waals surface area contributed by atoms with Crippen LogP contribution in [0.25, 0.3) is 23.0 Å². The van der Waals surface area contributed by atoms with Crippen molar-refractivity contribution in [2.24, 2.45) is 0 Å². The second-order valence-electron chi connectivity index (χ2n) is 7.86. The van der Waals surface area contributed by atoms with Crippen molar-refractivity contribution in [2.75, 3.05) is 6.61 Å². The molecule has 0 fully saturated rings. The van der Waals surface area contributed by atoms with Gasteiger partial charge >= 0.3 is 5.97 Å². The predicted molar refractivity (Wildman–Crippen MR) is 140 cm³/mol.